The van der Waals surface area contributed by atoms with Crippen LogP contribution in [0.4, 0.5) is 24.0 Å². The van der Waals surface area contributed by atoms with Gasteiger partial charge in [0.2, 0.25) is 5.88 Å². The first-order valence-electron chi connectivity index (χ1n) is 15.3. The van der Waals surface area contributed by atoms with Crippen molar-refractivity contribution in [3.05, 3.63) is 35.5 Å². The molecule has 4 saturated heterocycles. The molecule has 5 aliphatic rings. The third kappa shape index (κ3) is 5.21. The monoisotopic (exact) mass is 661 g/mol. The highest BCUT2D eigenvalue weighted by Crippen LogP contribution is 2.51. The molecular formula is C31H34F3N5O6S. The van der Waals surface area contributed by atoms with Crippen LogP contribution in [0, 0.1) is 0 Å². The van der Waals surface area contributed by atoms with Crippen LogP contribution in [0.3, 0.4) is 0 Å². The number of methoxy groups -OCH3 is 1. The number of amides is 2. The van der Waals surface area contributed by atoms with Crippen LogP contribution in [0.15, 0.2) is 24.4 Å². The third-order valence-corrected chi connectivity index (χ3v) is 10.5. The molecule has 1 aromatic carbocycles. The summed E-state index contributed by atoms with van der Waals surface area (Å²) >= 11 is 1.40. The second-order valence-electron chi connectivity index (χ2n) is 12.7. The van der Waals surface area contributed by atoms with Gasteiger partial charge in [0.1, 0.15) is 11.3 Å². The summed E-state index contributed by atoms with van der Waals surface area (Å²) in [4.78, 5) is 39.1. The Morgan fingerprint density at radius 2 is 1.87 bits per heavy atom. The Morgan fingerprint density at radius 3 is 2.48 bits per heavy atom. The number of ether oxygens (including phenoxy) is 4. The van der Waals surface area contributed by atoms with Crippen LogP contribution in [-0.4, -0.2) is 84.2 Å². The number of alkyl halides is 3. The Morgan fingerprint density at radius 1 is 1.13 bits per heavy atom. The number of nitrogens with zero attached hydrogens (tertiary/aromatic N) is 3. The normalized spacial score (nSPS) is 27.0. The van der Waals surface area contributed by atoms with Crippen LogP contribution < -0.4 is 25.0 Å². The molecule has 0 spiro atoms. The molecule has 5 fully saturated rings. The number of hydrogen-bond donors (Lipinski definition) is 2. The third-order valence-electron chi connectivity index (χ3n) is 9.39. The fraction of sp³-hybridized carbons (Fsp3) is 0.548. The molecule has 1 saturated carbocycles. The zero-order valence-electron chi connectivity index (χ0n) is 25.5. The van der Waals surface area contributed by atoms with Gasteiger partial charge in [-0.25, -0.2) is 9.97 Å². The summed E-state index contributed by atoms with van der Waals surface area (Å²) in [5.41, 5.74) is -2.08. The van der Waals surface area contributed by atoms with E-state index in [-0.39, 0.29) is 73.2 Å². The van der Waals surface area contributed by atoms with Crippen molar-refractivity contribution in [1.82, 2.24) is 15.3 Å². The number of carbonyl (C=O) groups is 2. The summed E-state index contributed by atoms with van der Waals surface area (Å²) in [6.45, 7) is 4.72. The molecule has 4 bridgehead atoms. The first-order valence-corrected chi connectivity index (χ1v) is 16.1. The molecular weight excluding hydrogens is 627 g/mol. The van der Waals surface area contributed by atoms with Crippen molar-refractivity contribution in [2.45, 2.75) is 81.5 Å². The first-order chi connectivity index (χ1) is 21.9. The van der Waals surface area contributed by atoms with E-state index in [1.807, 2.05) is 19.9 Å². The standard InChI is InChI=1S/C31H34F3N5O6S/c1-16(2)45-22-5-4-20-25(46-28(37-20)39-17-10-18(39)14-43-13-17)24(22)27(41)36-21-12-35-23(42-3)11-19(21)26(40)38-29-6-8-30(9-7-29,44-15-29)31(32,33)34/h4-5,11-12,16-18H,6-10,13-15H2,1-3H3,(H,36,41)(H,38,40). The lowest BCUT2D eigenvalue weighted by molar-refractivity contribution is -0.317. The van der Waals surface area contributed by atoms with Gasteiger partial charge in [0, 0.05) is 6.07 Å². The van der Waals surface area contributed by atoms with E-state index in [0.717, 1.165) is 11.6 Å². The van der Waals surface area contributed by atoms with E-state index in [9.17, 15) is 22.8 Å². The summed E-state index contributed by atoms with van der Waals surface area (Å²) in [6, 6.07) is 5.42. The number of carbonyl (C=O) groups excluding carboxylic acids is 2. The average molecular weight is 662 g/mol. The molecule has 8 rings (SSSR count). The van der Waals surface area contributed by atoms with Gasteiger partial charge in [-0.3, -0.25) is 9.59 Å². The minimum Gasteiger partial charge on any atom is -0.490 e. The lowest BCUT2D eigenvalue weighted by Gasteiger charge is -2.53. The molecule has 1 aliphatic carbocycles. The summed E-state index contributed by atoms with van der Waals surface area (Å²) in [6.07, 6.45) is -2.62. The van der Waals surface area contributed by atoms with Gasteiger partial charge in [0.15, 0.2) is 10.7 Å². The highest BCUT2D eigenvalue weighted by molar-refractivity contribution is 7.22. The highest BCUT2D eigenvalue weighted by atomic mass is 32.1. The molecule has 2 aromatic heterocycles. The molecule has 46 heavy (non-hydrogen) atoms. The number of anilines is 2. The van der Waals surface area contributed by atoms with Gasteiger partial charge in [-0.1, -0.05) is 11.3 Å². The molecule has 2 N–H and O–H groups in total. The average Bonchev–Trinajstić information content (AvgIpc) is 3.44. The molecule has 246 valence electrons. The van der Waals surface area contributed by atoms with Crippen LogP contribution >= 0.6 is 11.3 Å². The maximum atomic E-state index is 14.1. The largest absolute Gasteiger partial charge is 0.490 e. The smallest absolute Gasteiger partial charge is 0.417 e. The number of hydrogen-bond acceptors (Lipinski definition) is 10. The van der Waals surface area contributed by atoms with E-state index in [4.69, 9.17) is 23.9 Å². The molecule has 2 amide bonds. The molecule has 2 atom stereocenters. The van der Waals surface area contributed by atoms with E-state index in [0.29, 0.717) is 29.2 Å². The number of thiazole rings is 1. The lowest BCUT2D eigenvalue weighted by Crippen LogP contribution is -2.66. The van der Waals surface area contributed by atoms with Gasteiger partial charge in [0.25, 0.3) is 11.8 Å². The summed E-state index contributed by atoms with van der Waals surface area (Å²) in [7, 11) is 1.39. The zero-order chi connectivity index (χ0) is 32.4. The predicted octanol–water partition coefficient (Wildman–Crippen LogP) is 5.09. The minimum absolute atomic E-state index is 0.0460. The van der Waals surface area contributed by atoms with Crippen molar-refractivity contribution in [3.8, 4) is 11.6 Å². The number of halogens is 3. The van der Waals surface area contributed by atoms with Gasteiger partial charge in [-0.2, -0.15) is 13.2 Å². The maximum absolute atomic E-state index is 14.1. The van der Waals surface area contributed by atoms with E-state index >= 15 is 0 Å². The van der Waals surface area contributed by atoms with Crippen molar-refractivity contribution < 1.29 is 41.7 Å². The van der Waals surface area contributed by atoms with Crippen molar-refractivity contribution in [2.24, 2.45) is 0 Å². The Kier molecular flexibility index (Phi) is 7.55. The topological polar surface area (TPSA) is 124 Å². The van der Waals surface area contributed by atoms with Crippen molar-refractivity contribution in [1.29, 1.82) is 0 Å². The van der Waals surface area contributed by atoms with Crippen LogP contribution in [0.5, 0.6) is 11.6 Å². The molecule has 11 nitrogen and oxygen atoms in total. The Hall–Kier alpha value is -3.69. The zero-order valence-corrected chi connectivity index (χ0v) is 26.3. The van der Waals surface area contributed by atoms with Crippen LogP contribution in [0.2, 0.25) is 0 Å². The number of benzene rings is 1. The molecule has 3 aromatic rings. The Bertz CT molecular complexity index is 1660. The molecule has 0 radical (unpaired) electrons. The number of fused-ring (bicyclic) bond motifs is 6. The molecule has 15 heteroatoms. The van der Waals surface area contributed by atoms with Gasteiger partial charge in [-0.15, -0.1) is 0 Å². The first kappa shape index (κ1) is 30.9. The molecule has 4 aliphatic heterocycles. The van der Waals surface area contributed by atoms with Crippen LogP contribution in [0.25, 0.3) is 10.2 Å². The second-order valence-corrected chi connectivity index (χ2v) is 13.7. The number of pyridine rings is 1. The summed E-state index contributed by atoms with van der Waals surface area (Å²) in [5, 5.41) is 6.56. The van der Waals surface area contributed by atoms with Crippen molar-refractivity contribution in [2.75, 3.05) is 37.1 Å². The highest BCUT2D eigenvalue weighted by Gasteiger charge is 2.63. The van der Waals surface area contributed by atoms with Gasteiger partial charge >= 0.3 is 6.18 Å². The quantitative estimate of drug-likeness (QED) is 0.340. The van der Waals surface area contributed by atoms with E-state index in [2.05, 4.69) is 20.5 Å². The van der Waals surface area contributed by atoms with E-state index in [1.165, 1.54) is 30.7 Å². The Labute approximate surface area is 266 Å². The fourth-order valence-corrected chi connectivity index (χ4v) is 8.09. The van der Waals surface area contributed by atoms with E-state index < -0.39 is 29.1 Å². The van der Waals surface area contributed by atoms with Gasteiger partial charge < -0.3 is 34.5 Å². The maximum Gasteiger partial charge on any atom is 0.417 e. The lowest BCUT2D eigenvalue weighted by atomic mass is 9.70. The van der Waals surface area contributed by atoms with Crippen LogP contribution in [-0.2, 0) is 9.47 Å². The predicted molar refractivity (Wildman–Crippen MR) is 163 cm³/mol. The van der Waals surface area contributed by atoms with Crippen LogP contribution in [0.1, 0.15) is 66.7 Å². The fourth-order valence-electron chi connectivity index (χ4n) is 6.84. The van der Waals surface area contributed by atoms with Crippen molar-refractivity contribution >= 4 is 44.2 Å². The number of nitrogens with one attached hydrogen (secondary N) is 2. The molecule has 2 unspecified atom stereocenters. The molecule has 6 heterocycles. The summed E-state index contributed by atoms with van der Waals surface area (Å²) < 4.78 is 64.0. The number of aromatic nitrogens is 2. The SMILES string of the molecule is COc1cc(C(=O)NC23CCC(C(F)(F)F)(CC2)OC3)c(NC(=O)c2c(OC(C)C)ccc3nc(N4C5COCC4C5)sc23)cn1. The van der Waals surface area contributed by atoms with E-state index in [1.54, 1.807) is 6.07 Å². The number of morpholine rings is 1. The second kappa shape index (κ2) is 11.2. The summed E-state index contributed by atoms with van der Waals surface area (Å²) in [5.74, 6) is -0.633. The Balaban J connectivity index is 1.18. The number of rotatable bonds is 8. The van der Waals surface area contributed by atoms with Crippen molar-refractivity contribution in [3.63, 3.8) is 0 Å². The van der Waals surface area contributed by atoms with Gasteiger partial charge in [0.05, 0.1) is 78.3 Å². The van der Waals surface area contributed by atoms with Gasteiger partial charge in [-0.05, 0) is 58.1 Å². The minimum atomic E-state index is -4.48.